The van der Waals surface area contributed by atoms with E-state index < -0.39 is 20.9 Å². The molecule has 0 saturated carbocycles. The van der Waals surface area contributed by atoms with E-state index in [4.69, 9.17) is 4.74 Å². The summed E-state index contributed by atoms with van der Waals surface area (Å²) in [4.78, 5) is 24.4. The average Bonchev–Trinajstić information content (AvgIpc) is 2.85. The second-order valence-electron chi connectivity index (χ2n) is 7.99. The van der Waals surface area contributed by atoms with Crippen LogP contribution in [0.1, 0.15) is 23.2 Å². The highest BCUT2D eigenvalue weighted by Gasteiger charge is 2.29. The molecule has 2 aromatic carbocycles. The van der Waals surface area contributed by atoms with Crippen LogP contribution in [0.15, 0.2) is 70.0 Å². The van der Waals surface area contributed by atoms with Gasteiger partial charge >= 0.3 is 5.97 Å². The highest BCUT2D eigenvalue weighted by atomic mass is 32.2. The second-order valence-corrected chi connectivity index (χ2v) is 11.1. The van der Waals surface area contributed by atoms with Gasteiger partial charge in [-0.05, 0) is 61.4 Å². The Balaban J connectivity index is 1.48. The monoisotopic (exact) mass is 533 g/mol. The number of ether oxygens (including phenoxy) is 1. The van der Waals surface area contributed by atoms with Crippen molar-refractivity contribution < 1.29 is 22.9 Å². The standard InChI is InChI=1S/C23H27N5O6S2/c1-26(2)21-11-9-20(10-12-21)25-24-19-7-5-18(6-8-19)23(29)34-14-4-16-36(32,33)27-13-3-15-35-22(27)17-28(30)31/h5-12,17H,3-4,13-16H2,1-2H3/b22-17-,25-24+. The van der Waals surface area contributed by atoms with Gasteiger partial charge in [0.05, 0.1) is 34.2 Å². The molecule has 0 aliphatic carbocycles. The Kier molecular flexibility index (Phi) is 9.42. The molecule has 3 rings (SSSR count). The summed E-state index contributed by atoms with van der Waals surface area (Å²) in [5.74, 6) is -0.254. The molecule has 13 heteroatoms. The predicted molar refractivity (Wildman–Crippen MR) is 139 cm³/mol. The second kappa shape index (κ2) is 12.5. The number of nitrogens with zero attached hydrogens (tertiary/aromatic N) is 5. The van der Waals surface area contributed by atoms with Gasteiger partial charge in [0.2, 0.25) is 10.0 Å². The van der Waals surface area contributed by atoms with Gasteiger partial charge in [0, 0.05) is 32.1 Å². The molecule has 0 N–H and O–H groups in total. The number of carbonyl (C=O) groups is 1. The quantitative estimate of drug-likeness (QED) is 0.143. The first-order chi connectivity index (χ1) is 17.2. The maximum atomic E-state index is 12.6. The van der Waals surface area contributed by atoms with Gasteiger partial charge in [-0.1, -0.05) is 0 Å². The van der Waals surface area contributed by atoms with Crippen molar-refractivity contribution in [1.82, 2.24) is 4.31 Å². The number of sulfonamides is 1. The fraction of sp³-hybridized carbons (Fsp3) is 0.348. The van der Waals surface area contributed by atoms with Crippen molar-refractivity contribution in [1.29, 1.82) is 0 Å². The van der Waals surface area contributed by atoms with Crippen molar-refractivity contribution >= 4 is 44.8 Å². The molecule has 0 amide bonds. The lowest BCUT2D eigenvalue weighted by molar-refractivity contribution is -0.403. The third kappa shape index (κ3) is 7.78. The van der Waals surface area contributed by atoms with Gasteiger partial charge in [-0.3, -0.25) is 14.4 Å². The van der Waals surface area contributed by atoms with Crippen LogP contribution >= 0.6 is 11.8 Å². The smallest absolute Gasteiger partial charge is 0.338 e. The zero-order chi connectivity index (χ0) is 26.1. The Labute approximate surface area is 214 Å². The van der Waals surface area contributed by atoms with Crippen molar-refractivity contribution in [2.24, 2.45) is 10.2 Å². The first-order valence-corrected chi connectivity index (χ1v) is 13.7. The van der Waals surface area contributed by atoms with Crippen LogP contribution in [0.2, 0.25) is 0 Å². The van der Waals surface area contributed by atoms with E-state index in [1.54, 1.807) is 24.3 Å². The van der Waals surface area contributed by atoms with E-state index in [1.165, 1.54) is 0 Å². The summed E-state index contributed by atoms with van der Waals surface area (Å²) >= 11 is 1.14. The number of hydrogen-bond acceptors (Lipinski definition) is 10. The third-order valence-corrected chi connectivity index (χ3v) is 8.17. The maximum absolute atomic E-state index is 12.6. The molecule has 0 spiro atoms. The molecule has 0 aromatic heterocycles. The summed E-state index contributed by atoms with van der Waals surface area (Å²) in [6, 6.07) is 14.0. The van der Waals surface area contributed by atoms with Crippen molar-refractivity contribution in [2.75, 3.05) is 43.7 Å². The van der Waals surface area contributed by atoms with Gasteiger partial charge in [0.1, 0.15) is 0 Å². The van der Waals surface area contributed by atoms with E-state index in [9.17, 15) is 23.3 Å². The summed E-state index contributed by atoms with van der Waals surface area (Å²) in [6.45, 7) is 0.0949. The molecule has 2 aromatic rings. The van der Waals surface area contributed by atoms with Crippen molar-refractivity contribution in [3.63, 3.8) is 0 Å². The predicted octanol–water partition coefficient (Wildman–Crippen LogP) is 4.56. The van der Waals surface area contributed by atoms with Crippen LogP contribution in [-0.2, 0) is 14.8 Å². The number of nitro groups is 1. The summed E-state index contributed by atoms with van der Waals surface area (Å²) < 4.78 is 31.5. The highest BCUT2D eigenvalue weighted by molar-refractivity contribution is 8.04. The average molecular weight is 534 g/mol. The van der Waals surface area contributed by atoms with Crippen LogP contribution in [0.25, 0.3) is 0 Å². The Morgan fingerprint density at radius 3 is 2.33 bits per heavy atom. The summed E-state index contributed by atoms with van der Waals surface area (Å²) in [5.41, 5.74) is 2.61. The van der Waals surface area contributed by atoms with Crippen LogP contribution in [0.4, 0.5) is 17.1 Å². The van der Waals surface area contributed by atoms with Gasteiger partial charge in [0.15, 0.2) is 5.03 Å². The van der Waals surface area contributed by atoms with Crippen LogP contribution in [0.3, 0.4) is 0 Å². The Bertz CT molecular complexity index is 1230. The lowest BCUT2D eigenvalue weighted by Crippen LogP contribution is -2.35. The SMILES string of the molecule is CN(C)c1ccc(/N=N/c2ccc(C(=O)OCCCS(=O)(=O)N3CCCS/C3=C\[N+](=O)[O-])cc2)cc1. The number of carbonyl (C=O) groups excluding carboxylic acids is 1. The number of rotatable bonds is 10. The van der Waals surface area contributed by atoms with Gasteiger partial charge in [-0.15, -0.1) is 11.8 Å². The maximum Gasteiger partial charge on any atom is 0.338 e. The van der Waals surface area contributed by atoms with E-state index in [-0.39, 0.29) is 30.4 Å². The Hall–Kier alpha value is -3.45. The van der Waals surface area contributed by atoms with E-state index in [0.717, 1.165) is 21.8 Å². The molecule has 192 valence electrons. The topological polar surface area (TPSA) is 135 Å². The van der Waals surface area contributed by atoms with Crippen LogP contribution in [0.5, 0.6) is 0 Å². The molecule has 0 bridgehead atoms. The minimum absolute atomic E-state index is 0.0693. The number of esters is 1. The molecule has 0 unspecified atom stereocenters. The number of anilines is 1. The lowest BCUT2D eigenvalue weighted by atomic mass is 10.2. The molecule has 1 aliphatic rings. The van der Waals surface area contributed by atoms with E-state index in [0.29, 0.717) is 35.3 Å². The van der Waals surface area contributed by atoms with E-state index >= 15 is 0 Å². The number of thioether (sulfide) groups is 1. The minimum Gasteiger partial charge on any atom is -0.462 e. The zero-order valence-electron chi connectivity index (χ0n) is 19.9. The normalized spacial score (nSPS) is 15.3. The van der Waals surface area contributed by atoms with Gasteiger partial charge in [0.25, 0.3) is 6.20 Å². The number of hydrogen-bond donors (Lipinski definition) is 0. The summed E-state index contributed by atoms with van der Waals surface area (Å²) in [7, 11) is 0.146. The molecule has 36 heavy (non-hydrogen) atoms. The summed E-state index contributed by atoms with van der Waals surface area (Å²) in [5, 5.41) is 19.2. The molecule has 1 fully saturated rings. The molecule has 1 saturated heterocycles. The summed E-state index contributed by atoms with van der Waals surface area (Å²) in [6.07, 6.45) is 1.39. The van der Waals surface area contributed by atoms with Crippen LogP contribution in [-0.4, -0.2) is 62.4 Å². The molecular formula is C23H27N5O6S2. The van der Waals surface area contributed by atoms with Crippen molar-refractivity contribution in [3.05, 3.63) is 75.4 Å². The van der Waals surface area contributed by atoms with Crippen LogP contribution in [0, 0.1) is 10.1 Å². The van der Waals surface area contributed by atoms with Crippen LogP contribution < -0.4 is 4.90 Å². The first kappa shape index (κ1) is 27.1. The fourth-order valence-corrected chi connectivity index (χ4v) is 6.04. The Morgan fingerprint density at radius 1 is 1.14 bits per heavy atom. The van der Waals surface area contributed by atoms with Gasteiger partial charge in [-0.2, -0.15) is 10.2 Å². The highest BCUT2D eigenvalue weighted by Crippen LogP contribution is 2.29. The molecule has 0 radical (unpaired) electrons. The van der Waals surface area contributed by atoms with E-state index in [1.807, 2.05) is 43.3 Å². The third-order valence-electron chi connectivity index (χ3n) is 5.08. The van der Waals surface area contributed by atoms with Gasteiger partial charge in [-0.25, -0.2) is 13.2 Å². The molecule has 1 aliphatic heterocycles. The van der Waals surface area contributed by atoms with Crippen molar-refractivity contribution in [3.8, 4) is 0 Å². The molecule has 11 nitrogen and oxygen atoms in total. The van der Waals surface area contributed by atoms with Crippen molar-refractivity contribution in [2.45, 2.75) is 12.8 Å². The lowest BCUT2D eigenvalue weighted by Gasteiger charge is -2.28. The fourth-order valence-electron chi connectivity index (χ4n) is 3.23. The molecular weight excluding hydrogens is 506 g/mol. The number of benzene rings is 2. The van der Waals surface area contributed by atoms with E-state index in [2.05, 4.69) is 10.2 Å². The zero-order valence-corrected chi connectivity index (χ0v) is 21.6. The molecule has 0 atom stereocenters. The molecule has 1 heterocycles. The number of azo groups is 1. The Morgan fingerprint density at radius 2 is 1.75 bits per heavy atom. The first-order valence-electron chi connectivity index (χ1n) is 11.1. The largest absolute Gasteiger partial charge is 0.462 e. The minimum atomic E-state index is -3.76. The van der Waals surface area contributed by atoms with Gasteiger partial charge < -0.3 is 9.64 Å².